The van der Waals surface area contributed by atoms with Crippen molar-refractivity contribution in [1.29, 1.82) is 0 Å². The minimum absolute atomic E-state index is 0.202. The number of hydrogen-bond donors (Lipinski definition) is 1. The van der Waals surface area contributed by atoms with E-state index in [-0.39, 0.29) is 6.04 Å². The van der Waals surface area contributed by atoms with Crippen LogP contribution in [0.3, 0.4) is 0 Å². The summed E-state index contributed by atoms with van der Waals surface area (Å²) in [7, 11) is 3.93. The van der Waals surface area contributed by atoms with Crippen LogP contribution in [0.2, 0.25) is 0 Å². The molecular formula is C11H19N5O. The maximum Gasteiger partial charge on any atom is 0.134 e. The molecule has 0 saturated carbocycles. The van der Waals surface area contributed by atoms with E-state index >= 15 is 0 Å². The first-order chi connectivity index (χ1) is 8.22. The summed E-state index contributed by atoms with van der Waals surface area (Å²) in [5, 5.41) is 0. The zero-order valence-corrected chi connectivity index (χ0v) is 10.3. The third-order valence-electron chi connectivity index (χ3n) is 2.89. The fourth-order valence-corrected chi connectivity index (χ4v) is 1.89. The molecule has 1 saturated heterocycles. The molecule has 1 unspecified atom stereocenters. The van der Waals surface area contributed by atoms with Crippen molar-refractivity contribution in [1.82, 2.24) is 9.97 Å². The summed E-state index contributed by atoms with van der Waals surface area (Å²) in [4.78, 5) is 12.7. The highest BCUT2D eigenvalue weighted by Crippen LogP contribution is 2.19. The molecular weight excluding hydrogens is 218 g/mol. The molecule has 0 amide bonds. The third-order valence-corrected chi connectivity index (χ3v) is 2.89. The van der Waals surface area contributed by atoms with Gasteiger partial charge in [-0.05, 0) is 0 Å². The van der Waals surface area contributed by atoms with Gasteiger partial charge in [-0.2, -0.15) is 0 Å². The van der Waals surface area contributed by atoms with E-state index in [2.05, 4.69) is 14.9 Å². The van der Waals surface area contributed by atoms with Crippen LogP contribution in [0.5, 0.6) is 0 Å². The van der Waals surface area contributed by atoms with Crippen LogP contribution in [0.25, 0.3) is 0 Å². The number of rotatable bonds is 3. The predicted octanol–water partition coefficient (Wildman–Crippen LogP) is -0.293. The topological polar surface area (TPSA) is 67.5 Å². The van der Waals surface area contributed by atoms with Crippen molar-refractivity contribution in [3.05, 3.63) is 12.4 Å². The lowest BCUT2D eigenvalue weighted by Crippen LogP contribution is -2.49. The van der Waals surface area contributed by atoms with E-state index in [1.807, 2.05) is 25.1 Å². The normalized spacial score (nSPS) is 20.4. The number of hydrogen-bond acceptors (Lipinski definition) is 6. The molecule has 2 rings (SSSR count). The van der Waals surface area contributed by atoms with Gasteiger partial charge in [0.15, 0.2) is 0 Å². The predicted molar refractivity (Wildman–Crippen MR) is 67.4 cm³/mol. The quantitative estimate of drug-likeness (QED) is 0.779. The Balaban J connectivity index is 2.22. The van der Waals surface area contributed by atoms with Crippen molar-refractivity contribution in [2.24, 2.45) is 5.73 Å². The van der Waals surface area contributed by atoms with E-state index in [0.29, 0.717) is 13.2 Å². The smallest absolute Gasteiger partial charge is 0.134 e. The number of aromatic nitrogens is 2. The molecule has 6 nitrogen and oxygen atoms in total. The van der Waals surface area contributed by atoms with Gasteiger partial charge in [-0.25, -0.2) is 9.97 Å². The molecule has 0 aliphatic carbocycles. The molecule has 6 heteroatoms. The first-order valence-electron chi connectivity index (χ1n) is 5.76. The summed E-state index contributed by atoms with van der Waals surface area (Å²) in [5.41, 5.74) is 5.75. The van der Waals surface area contributed by atoms with E-state index in [4.69, 9.17) is 10.5 Å². The van der Waals surface area contributed by atoms with Crippen LogP contribution in [0, 0.1) is 0 Å². The maximum atomic E-state index is 5.75. The van der Waals surface area contributed by atoms with Gasteiger partial charge in [0, 0.05) is 33.3 Å². The summed E-state index contributed by atoms with van der Waals surface area (Å²) >= 11 is 0. The molecule has 94 valence electrons. The first kappa shape index (κ1) is 12.1. The van der Waals surface area contributed by atoms with Gasteiger partial charge in [0.1, 0.15) is 18.0 Å². The van der Waals surface area contributed by atoms with Gasteiger partial charge in [-0.3, -0.25) is 0 Å². The second-order valence-electron chi connectivity index (χ2n) is 4.29. The fourth-order valence-electron chi connectivity index (χ4n) is 1.89. The van der Waals surface area contributed by atoms with Gasteiger partial charge < -0.3 is 20.3 Å². The molecule has 17 heavy (non-hydrogen) atoms. The zero-order chi connectivity index (χ0) is 12.3. The molecule has 0 spiro atoms. The van der Waals surface area contributed by atoms with Gasteiger partial charge >= 0.3 is 0 Å². The first-order valence-corrected chi connectivity index (χ1v) is 5.76. The Labute approximate surface area is 101 Å². The minimum Gasteiger partial charge on any atom is -0.377 e. The fraction of sp³-hybridized carbons (Fsp3) is 0.636. The molecule has 2 heterocycles. The van der Waals surface area contributed by atoms with Crippen molar-refractivity contribution in [2.75, 3.05) is 50.2 Å². The number of nitrogens with zero attached hydrogens (tertiary/aromatic N) is 4. The summed E-state index contributed by atoms with van der Waals surface area (Å²) in [6.45, 7) is 2.78. The van der Waals surface area contributed by atoms with E-state index < -0.39 is 0 Å². The van der Waals surface area contributed by atoms with Crippen molar-refractivity contribution >= 4 is 11.6 Å². The van der Waals surface area contributed by atoms with Gasteiger partial charge in [-0.15, -0.1) is 0 Å². The minimum atomic E-state index is 0.202. The zero-order valence-electron chi connectivity index (χ0n) is 10.3. The summed E-state index contributed by atoms with van der Waals surface area (Å²) in [5.74, 6) is 1.82. The average Bonchev–Trinajstić information content (AvgIpc) is 2.39. The maximum absolute atomic E-state index is 5.75. The van der Waals surface area contributed by atoms with Crippen molar-refractivity contribution in [3.63, 3.8) is 0 Å². The Morgan fingerprint density at radius 3 is 3.06 bits per heavy atom. The van der Waals surface area contributed by atoms with Crippen LogP contribution in [0.1, 0.15) is 0 Å². The van der Waals surface area contributed by atoms with Crippen LogP contribution in [0.4, 0.5) is 11.6 Å². The van der Waals surface area contributed by atoms with E-state index in [0.717, 1.165) is 24.8 Å². The molecule has 1 aromatic rings. The molecule has 0 bridgehead atoms. The molecule has 2 N–H and O–H groups in total. The van der Waals surface area contributed by atoms with Crippen molar-refractivity contribution in [3.8, 4) is 0 Å². The molecule has 1 aliphatic heterocycles. The standard InChI is InChI=1S/C11H19N5O/c1-15(2)10-5-11(14-8-13-10)16-3-4-17-7-9(16)6-12/h5,8-9H,3-4,6-7,12H2,1-2H3. The number of anilines is 2. The van der Waals surface area contributed by atoms with Crippen molar-refractivity contribution in [2.45, 2.75) is 6.04 Å². The highest BCUT2D eigenvalue weighted by molar-refractivity contribution is 5.50. The Kier molecular flexibility index (Phi) is 3.75. The Morgan fingerprint density at radius 2 is 2.35 bits per heavy atom. The van der Waals surface area contributed by atoms with Crippen LogP contribution in [-0.4, -0.2) is 56.4 Å². The third kappa shape index (κ3) is 2.65. The van der Waals surface area contributed by atoms with Gasteiger partial charge in [0.25, 0.3) is 0 Å². The lowest BCUT2D eigenvalue weighted by Gasteiger charge is -2.35. The second-order valence-corrected chi connectivity index (χ2v) is 4.29. The number of nitrogens with two attached hydrogens (primary N) is 1. The molecule has 1 aromatic heterocycles. The van der Waals surface area contributed by atoms with E-state index in [1.54, 1.807) is 6.33 Å². The van der Waals surface area contributed by atoms with Crippen LogP contribution in [-0.2, 0) is 4.74 Å². The van der Waals surface area contributed by atoms with Gasteiger partial charge in [0.05, 0.1) is 19.3 Å². The van der Waals surface area contributed by atoms with Gasteiger partial charge in [-0.1, -0.05) is 0 Å². The average molecular weight is 237 g/mol. The largest absolute Gasteiger partial charge is 0.377 e. The SMILES string of the molecule is CN(C)c1cc(N2CCOCC2CN)ncn1. The Bertz CT molecular complexity index is 371. The Hall–Kier alpha value is -1.40. The summed E-state index contributed by atoms with van der Waals surface area (Å²) in [6, 6.07) is 2.18. The second kappa shape index (κ2) is 5.29. The monoisotopic (exact) mass is 237 g/mol. The molecule has 1 atom stereocenters. The molecule has 1 aliphatic rings. The lowest BCUT2D eigenvalue weighted by molar-refractivity contribution is 0.0958. The number of ether oxygens (including phenoxy) is 1. The highest BCUT2D eigenvalue weighted by Gasteiger charge is 2.23. The van der Waals surface area contributed by atoms with E-state index in [1.165, 1.54) is 0 Å². The van der Waals surface area contributed by atoms with Crippen molar-refractivity contribution < 1.29 is 4.74 Å². The highest BCUT2D eigenvalue weighted by atomic mass is 16.5. The van der Waals surface area contributed by atoms with Crippen LogP contribution in [0.15, 0.2) is 12.4 Å². The summed E-state index contributed by atoms with van der Waals surface area (Å²) < 4.78 is 5.43. The van der Waals surface area contributed by atoms with Gasteiger partial charge in [0.2, 0.25) is 0 Å². The summed E-state index contributed by atoms with van der Waals surface area (Å²) in [6.07, 6.45) is 1.59. The van der Waals surface area contributed by atoms with Crippen LogP contribution < -0.4 is 15.5 Å². The molecule has 1 fully saturated rings. The molecule has 0 radical (unpaired) electrons. The van der Waals surface area contributed by atoms with E-state index in [9.17, 15) is 0 Å². The Morgan fingerprint density at radius 1 is 1.53 bits per heavy atom. The van der Waals surface area contributed by atoms with Crippen LogP contribution >= 0.6 is 0 Å². The number of morpholine rings is 1. The molecule has 0 aromatic carbocycles. The lowest BCUT2D eigenvalue weighted by atomic mass is 10.2.